The normalized spacial score (nSPS) is 10.5. The van der Waals surface area contributed by atoms with Crippen LogP contribution >= 0.6 is 11.3 Å². The summed E-state index contributed by atoms with van der Waals surface area (Å²) in [6.07, 6.45) is 0. The predicted molar refractivity (Wildman–Crippen MR) is 79.6 cm³/mol. The van der Waals surface area contributed by atoms with E-state index >= 15 is 0 Å². The van der Waals surface area contributed by atoms with Crippen LogP contribution in [-0.2, 0) is 4.74 Å². The molecule has 4 heteroatoms. The second kappa shape index (κ2) is 5.45. The third-order valence-electron chi connectivity index (χ3n) is 2.73. The van der Waals surface area contributed by atoms with Crippen LogP contribution in [0, 0.1) is 13.8 Å². The van der Waals surface area contributed by atoms with Crippen LogP contribution in [0.4, 0.5) is 5.69 Å². The molecule has 0 amide bonds. The Kier molecular flexibility index (Phi) is 3.90. The van der Waals surface area contributed by atoms with Gasteiger partial charge in [-0.2, -0.15) is 0 Å². The molecule has 0 unspecified atom stereocenters. The van der Waals surface area contributed by atoms with E-state index in [4.69, 9.17) is 10.5 Å². The molecule has 100 valence electrons. The molecule has 2 aromatic rings. The van der Waals surface area contributed by atoms with Crippen LogP contribution in [0.25, 0.3) is 10.4 Å². The molecular formula is C15H17NO2S. The number of nitrogens with two attached hydrogens (primary N) is 1. The standard InChI is InChI=1S/C15H17NO2S/c1-4-18-15(17)14-12(16)8-13(19-14)11-6-9(2)5-10(3)7-11/h5-8H,4,16H2,1-3H3. The third kappa shape index (κ3) is 2.96. The molecule has 0 saturated heterocycles. The maximum atomic E-state index is 11.8. The number of thiophene rings is 1. The highest BCUT2D eigenvalue weighted by atomic mass is 32.1. The molecular weight excluding hydrogens is 258 g/mol. The Morgan fingerprint density at radius 3 is 2.42 bits per heavy atom. The molecule has 0 atom stereocenters. The zero-order chi connectivity index (χ0) is 14.0. The van der Waals surface area contributed by atoms with Gasteiger partial charge < -0.3 is 10.5 Å². The summed E-state index contributed by atoms with van der Waals surface area (Å²) in [5.41, 5.74) is 9.86. The minimum Gasteiger partial charge on any atom is -0.462 e. The van der Waals surface area contributed by atoms with Crippen molar-refractivity contribution < 1.29 is 9.53 Å². The summed E-state index contributed by atoms with van der Waals surface area (Å²) in [6.45, 7) is 6.25. The number of anilines is 1. The Morgan fingerprint density at radius 1 is 1.21 bits per heavy atom. The van der Waals surface area contributed by atoms with Crippen LogP contribution in [0.15, 0.2) is 24.3 Å². The zero-order valence-corrected chi connectivity index (χ0v) is 12.1. The van der Waals surface area contributed by atoms with E-state index in [-0.39, 0.29) is 5.97 Å². The maximum Gasteiger partial charge on any atom is 0.350 e. The molecule has 0 aliphatic carbocycles. The Hall–Kier alpha value is -1.81. The monoisotopic (exact) mass is 275 g/mol. The van der Waals surface area contributed by atoms with Crippen molar-refractivity contribution in [1.29, 1.82) is 0 Å². The van der Waals surface area contributed by atoms with Gasteiger partial charge in [-0.1, -0.05) is 29.3 Å². The van der Waals surface area contributed by atoms with Crippen LogP contribution in [0.5, 0.6) is 0 Å². The number of hydrogen-bond acceptors (Lipinski definition) is 4. The number of carbonyl (C=O) groups excluding carboxylic acids is 1. The molecule has 0 aliphatic rings. The van der Waals surface area contributed by atoms with Crippen LogP contribution in [0.1, 0.15) is 27.7 Å². The van der Waals surface area contributed by atoms with Crippen molar-refractivity contribution in [2.24, 2.45) is 0 Å². The van der Waals surface area contributed by atoms with Crippen molar-refractivity contribution in [3.8, 4) is 10.4 Å². The number of rotatable bonds is 3. The van der Waals surface area contributed by atoms with E-state index in [1.54, 1.807) is 6.92 Å². The van der Waals surface area contributed by atoms with Gasteiger partial charge in [0.2, 0.25) is 0 Å². The number of aryl methyl sites for hydroxylation is 2. The fourth-order valence-corrected chi connectivity index (χ4v) is 2.98. The Bertz CT molecular complexity index is 596. The fraction of sp³-hybridized carbons (Fsp3) is 0.267. The summed E-state index contributed by atoms with van der Waals surface area (Å²) < 4.78 is 5.00. The first-order valence-corrected chi connectivity index (χ1v) is 6.98. The highest BCUT2D eigenvalue weighted by molar-refractivity contribution is 7.18. The van der Waals surface area contributed by atoms with E-state index in [0.717, 1.165) is 10.4 Å². The average molecular weight is 275 g/mol. The lowest BCUT2D eigenvalue weighted by atomic mass is 10.1. The lowest BCUT2D eigenvalue weighted by Crippen LogP contribution is -2.04. The molecule has 3 nitrogen and oxygen atoms in total. The van der Waals surface area contributed by atoms with E-state index in [1.807, 2.05) is 6.07 Å². The first kappa shape index (κ1) is 13.6. The molecule has 0 fully saturated rings. The van der Waals surface area contributed by atoms with Crippen LogP contribution in [-0.4, -0.2) is 12.6 Å². The largest absolute Gasteiger partial charge is 0.462 e. The van der Waals surface area contributed by atoms with E-state index in [0.29, 0.717) is 17.2 Å². The van der Waals surface area contributed by atoms with Crippen LogP contribution in [0.3, 0.4) is 0 Å². The van der Waals surface area contributed by atoms with Crippen molar-refractivity contribution >= 4 is 23.0 Å². The summed E-state index contributed by atoms with van der Waals surface area (Å²) in [4.78, 5) is 13.2. The number of hydrogen-bond donors (Lipinski definition) is 1. The van der Waals surface area contributed by atoms with Gasteiger partial charge in [-0.3, -0.25) is 0 Å². The van der Waals surface area contributed by atoms with Crippen molar-refractivity contribution in [2.75, 3.05) is 12.3 Å². The smallest absolute Gasteiger partial charge is 0.350 e. The van der Waals surface area contributed by atoms with Crippen molar-refractivity contribution in [2.45, 2.75) is 20.8 Å². The molecule has 2 rings (SSSR count). The maximum absolute atomic E-state index is 11.8. The molecule has 0 saturated carbocycles. The van der Waals surface area contributed by atoms with E-state index in [9.17, 15) is 4.79 Å². The second-order valence-electron chi connectivity index (χ2n) is 4.49. The van der Waals surface area contributed by atoms with Crippen LogP contribution < -0.4 is 5.73 Å². The Morgan fingerprint density at radius 2 is 1.84 bits per heavy atom. The summed E-state index contributed by atoms with van der Waals surface area (Å²) in [5.74, 6) is -0.347. The lowest BCUT2D eigenvalue weighted by molar-refractivity contribution is 0.0533. The Balaban J connectivity index is 2.41. The van der Waals surface area contributed by atoms with Gasteiger partial charge in [0.05, 0.1) is 12.3 Å². The van der Waals surface area contributed by atoms with Gasteiger partial charge in [-0.15, -0.1) is 11.3 Å². The molecule has 0 spiro atoms. The van der Waals surface area contributed by atoms with E-state index in [1.165, 1.54) is 22.5 Å². The summed E-state index contributed by atoms with van der Waals surface area (Å²) in [5, 5.41) is 0. The molecule has 0 bridgehead atoms. The predicted octanol–water partition coefficient (Wildman–Crippen LogP) is 3.79. The molecule has 1 heterocycles. The molecule has 19 heavy (non-hydrogen) atoms. The molecule has 1 aromatic heterocycles. The molecule has 1 aromatic carbocycles. The number of ether oxygens (including phenoxy) is 1. The van der Waals surface area contributed by atoms with Crippen molar-refractivity contribution in [1.82, 2.24) is 0 Å². The number of nitrogen functional groups attached to an aromatic ring is 1. The summed E-state index contributed by atoms with van der Waals surface area (Å²) in [6, 6.07) is 8.14. The highest BCUT2D eigenvalue weighted by Gasteiger charge is 2.16. The first-order valence-electron chi connectivity index (χ1n) is 6.16. The number of esters is 1. The third-order valence-corrected chi connectivity index (χ3v) is 3.91. The van der Waals surface area contributed by atoms with Gasteiger partial charge in [0, 0.05) is 4.88 Å². The van der Waals surface area contributed by atoms with Gasteiger partial charge in [-0.05, 0) is 32.4 Å². The van der Waals surface area contributed by atoms with Gasteiger partial charge in [0.15, 0.2) is 0 Å². The minimum absolute atomic E-state index is 0.347. The fourth-order valence-electron chi connectivity index (χ4n) is 2.02. The summed E-state index contributed by atoms with van der Waals surface area (Å²) in [7, 11) is 0. The molecule has 0 aliphatic heterocycles. The molecule has 2 N–H and O–H groups in total. The topological polar surface area (TPSA) is 52.3 Å². The summed E-state index contributed by atoms with van der Waals surface area (Å²) >= 11 is 1.38. The minimum atomic E-state index is -0.347. The highest BCUT2D eigenvalue weighted by Crippen LogP contribution is 2.34. The van der Waals surface area contributed by atoms with Gasteiger partial charge in [0.1, 0.15) is 4.88 Å². The van der Waals surface area contributed by atoms with E-state index in [2.05, 4.69) is 32.0 Å². The molecule has 0 radical (unpaired) electrons. The second-order valence-corrected chi connectivity index (χ2v) is 5.54. The first-order chi connectivity index (χ1) is 9.01. The van der Waals surface area contributed by atoms with E-state index < -0.39 is 0 Å². The SMILES string of the molecule is CCOC(=O)c1sc(-c2cc(C)cc(C)c2)cc1N. The quantitative estimate of drug-likeness (QED) is 0.867. The number of benzene rings is 1. The van der Waals surface area contributed by atoms with Crippen molar-refractivity contribution in [3.05, 3.63) is 40.3 Å². The van der Waals surface area contributed by atoms with Gasteiger partial charge >= 0.3 is 5.97 Å². The van der Waals surface area contributed by atoms with Crippen molar-refractivity contribution in [3.63, 3.8) is 0 Å². The van der Waals surface area contributed by atoms with Crippen LogP contribution in [0.2, 0.25) is 0 Å². The van der Waals surface area contributed by atoms with Gasteiger partial charge in [-0.25, -0.2) is 4.79 Å². The number of carbonyl (C=O) groups is 1. The lowest BCUT2D eigenvalue weighted by Gasteiger charge is -2.02. The zero-order valence-electron chi connectivity index (χ0n) is 11.3. The average Bonchev–Trinajstić information content (AvgIpc) is 2.70. The Labute approximate surface area is 117 Å². The van der Waals surface area contributed by atoms with Gasteiger partial charge in [0.25, 0.3) is 0 Å².